The minimum atomic E-state index is -0.212. The van der Waals surface area contributed by atoms with Gasteiger partial charge in [0.1, 0.15) is 11.3 Å². The first kappa shape index (κ1) is 15.7. The summed E-state index contributed by atoms with van der Waals surface area (Å²) in [5.41, 5.74) is 3.14. The monoisotopic (exact) mass is 327 g/mol. The van der Waals surface area contributed by atoms with Crippen molar-refractivity contribution in [2.24, 2.45) is 0 Å². The van der Waals surface area contributed by atoms with Crippen LogP contribution in [0.15, 0.2) is 21.3 Å². The molecule has 0 bridgehead atoms. The zero-order valence-electron chi connectivity index (χ0n) is 14.3. The van der Waals surface area contributed by atoms with Crippen LogP contribution < -0.4 is 5.63 Å². The Morgan fingerprint density at radius 2 is 1.96 bits per heavy atom. The van der Waals surface area contributed by atoms with Crippen LogP contribution in [0.3, 0.4) is 0 Å². The highest BCUT2D eigenvalue weighted by molar-refractivity contribution is 5.86. The lowest BCUT2D eigenvalue weighted by Gasteiger charge is -2.33. The number of fused-ring (bicyclic) bond motifs is 3. The molecule has 24 heavy (non-hydrogen) atoms. The van der Waals surface area contributed by atoms with Crippen molar-refractivity contribution in [1.29, 1.82) is 0 Å². The molecule has 0 spiro atoms. The molecule has 2 aliphatic rings. The number of likely N-dealkylation sites (tertiary alicyclic amines) is 1. The van der Waals surface area contributed by atoms with Gasteiger partial charge in [0.05, 0.1) is 5.56 Å². The normalized spacial score (nSPS) is 21.8. The Morgan fingerprint density at radius 1 is 1.17 bits per heavy atom. The summed E-state index contributed by atoms with van der Waals surface area (Å²) in [4.78, 5) is 14.8. The Kier molecular flexibility index (Phi) is 4.09. The topological polar surface area (TPSA) is 53.7 Å². The van der Waals surface area contributed by atoms with Gasteiger partial charge >= 0.3 is 5.63 Å². The van der Waals surface area contributed by atoms with E-state index in [1.54, 1.807) is 6.07 Å². The van der Waals surface area contributed by atoms with Gasteiger partial charge in [0.2, 0.25) is 0 Å². The molecule has 4 rings (SSSR count). The molecule has 4 heteroatoms. The molecule has 0 amide bonds. The highest BCUT2D eigenvalue weighted by Gasteiger charge is 2.24. The van der Waals surface area contributed by atoms with E-state index < -0.39 is 0 Å². The van der Waals surface area contributed by atoms with E-state index in [1.807, 2.05) is 6.07 Å². The number of hydrogen-bond donors (Lipinski definition) is 1. The summed E-state index contributed by atoms with van der Waals surface area (Å²) < 4.78 is 5.71. The van der Waals surface area contributed by atoms with E-state index in [1.165, 1.54) is 19.3 Å². The largest absolute Gasteiger partial charge is 0.507 e. The molecule has 2 heterocycles. The van der Waals surface area contributed by atoms with Crippen molar-refractivity contribution < 1.29 is 9.52 Å². The fourth-order valence-corrected chi connectivity index (χ4v) is 4.30. The van der Waals surface area contributed by atoms with E-state index in [-0.39, 0.29) is 11.4 Å². The van der Waals surface area contributed by atoms with Crippen LogP contribution in [0.2, 0.25) is 0 Å². The predicted molar refractivity (Wildman–Crippen MR) is 94.5 cm³/mol. The van der Waals surface area contributed by atoms with Crippen molar-refractivity contribution in [3.63, 3.8) is 0 Å². The molecule has 128 valence electrons. The molecule has 1 N–H and O–H groups in total. The lowest BCUT2D eigenvalue weighted by atomic mass is 9.90. The molecule has 1 aromatic carbocycles. The summed E-state index contributed by atoms with van der Waals surface area (Å²) in [5, 5.41) is 11.4. The second-order valence-corrected chi connectivity index (χ2v) is 7.31. The van der Waals surface area contributed by atoms with Crippen molar-refractivity contribution in [3.8, 4) is 5.75 Å². The van der Waals surface area contributed by atoms with E-state index in [0.717, 1.165) is 54.3 Å². The van der Waals surface area contributed by atoms with Gasteiger partial charge in [-0.25, -0.2) is 4.79 Å². The van der Waals surface area contributed by atoms with Crippen molar-refractivity contribution in [2.45, 2.75) is 64.5 Å². The lowest BCUT2D eigenvalue weighted by molar-refractivity contribution is 0.151. The third kappa shape index (κ3) is 2.63. The Balaban J connectivity index is 1.84. The molecule has 0 unspecified atom stereocenters. The fraction of sp³-hybridized carbons (Fsp3) is 0.550. The van der Waals surface area contributed by atoms with Gasteiger partial charge in [0, 0.05) is 23.5 Å². The third-order valence-electron chi connectivity index (χ3n) is 5.77. The molecule has 0 radical (unpaired) electrons. The number of aromatic hydroxyl groups is 1. The van der Waals surface area contributed by atoms with Crippen molar-refractivity contribution in [3.05, 3.63) is 39.2 Å². The quantitative estimate of drug-likeness (QED) is 0.854. The van der Waals surface area contributed by atoms with Crippen LogP contribution in [-0.4, -0.2) is 22.6 Å². The molecule has 0 saturated carbocycles. The Morgan fingerprint density at radius 3 is 2.75 bits per heavy atom. The highest BCUT2D eigenvalue weighted by Crippen LogP contribution is 2.34. The maximum atomic E-state index is 12.4. The number of piperidine rings is 1. The molecule has 2 aromatic rings. The van der Waals surface area contributed by atoms with Crippen LogP contribution in [0, 0.1) is 0 Å². The molecule has 1 aliphatic carbocycles. The number of phenols is 1. The van der Waals surface area contributed by atoms with E-state index in [4.69, 9.17) is 4.42 Å². The summed E-state index contributed by atoms with van der Waals surface area (Å²) >= 11 is 0. The molecule has 1 atom stereocenters. The van der Waals surface area contributed by atoms with E-state index in [9.17, 15) is 9.90 Å². The van der Waals surface area contributed by atoms with Crippen LogP contribution in [0.25, 0.3) is 11.0 Å². The zero-order valence-corrected chi connectivity index (χ0v) is 14.3. The molecular formula is C20H25NO3. The van der Waals surface area contributed by atoms with Gasteiger partial charge in [-0.1, -0.05) is 6.42 Å². The first-order valence-corrected chi connectivity index (χ1v) is 9.18. The van der Waals surface area contributed by atoms with Crippen LogP contribution in [0.4, 0.5) is 0 Å². The third-order valence-corrected chi connectivity index (χ3v) is 5.77. The number of phenolic OH excluding ortho intramolecular Hbond substituents is 1. The van der Waals surface area contributed by atoms with Gasteiger partial charge in [-0.15, -0.1) is 0 Å². The second-order valence-electron chi connectivity index (χ2n) is 7.31. The maximum Gasteiger partial charge on any atom is 0.339 e. The van der Waals surface area contributed by atoms with Crippen LogP contribution >= 0.6 is 0 Å². The van der Waals surface area contributed by atoms with Crippen molar-refractivity contribution in [2.75, 3.05) is 6.54 Å². The Hall–Kier alpha value is -1.81. The van der Waals surface area contributed by atoms with Crippen molar-refractivity contribution >= 4 is 11.0 Å². The van der Waals surface area contributed by atoms with Gasteiger partial charge in [-0.3, -0.25) is 4.90 Å². The molecular weight excluding hydrogens is 302 g/mol. The summed E-state index contributed by atoms with van der Waals surface area (Å²) in [7, 11) is 0. The standard InChI is InChI=1S/C20H25NO3/c1-13-6-4-5-11-21(13)12-17-18(22)10-9-15-14-7-2-3-8-16(14)20(23)24-19(15)17/h9-10,13,22H,2-8,11-12H2,1H3/t13-/m1/s1. The molecule has 1 fully saturated rings. The van der Waals surface area contributed by atoms with Gasteiger partial charge in [0.25, 0.3) is 0 Å². The molecule has 1 aliphatic heterocycles. The Bertz CT molecular complexity index is 824. The highest BCUT2D eigenvalue weighted by atomic mass is 16.4. The van der Waals surface area contributed by atoms with Gasteiger partial charge in [-0.2, -0.15) is 0 Å². The summed E-state index contributed by atoms with van der Waals surface area (Å²) in [6.45, 7) is 3.91. The Labute approximate surface area is 142 Å². The van der Waals surface area contributed by atoms with Gasteiger partial charge in [0.15, 0.2) is 0 Å². The fourth-order valence-electron chi connectivity index (χ4n) is 4.30. The number of nitrogens with zero attached hydrogens (tertiary/aromatic N) is 1. The zero-order chi connectivity index (χ0) is 16.7. The second kappa shape index (κ2) is 6.25. The van der Waals surface area contributed by atoms with Crippen molar-refractivity contribution in [1.82, 2.24) is 4.90 Å². The van der Waals surface area contributed by atoms with Crippen LogP contribution in [-0.2, 0) is 19.4 Å². The van der Waals surface area contributed by atoms with E-state index in [0.29, 0.717) is 18.2 Å². The number of aryl methyl sites for hydroxylation is 1. The lowest BCUT2D eigenvalue weighted by Crippen LogP contribution is -2.36. The predicted octanol–water partition coefficient (Wildman–Crippen LogP) is 3.75. The average Bonchev–Trinajstić information content (AvgIpc) is 2.59. The first-order valence-electron chi connectivity index (χ1n) is 9.18. The van der Waals surface area contributed by atoms with Gasteiger partial charge in [-0.05, 0) is 69.7 Å². The van der Waals surface area contributed by atoms with E-state index in [2.05, 4.69) is 11.8 Å². The maximum absolute atomic E-state index is 12.4. The number of rotatable bonds is 2. The molecule has 4 nitrogen and oxygen atoms in total. The SMILES string of the molecule is C[C@@H]1CCCCN1Cc1c(O)ccc2c3c(c(=O)oc12)CCCC3. The summed E-state index contributed by atoms with van der Waals surface area (Å²) in [6.07, 6.45) is 7.56. The number of hydrogen-bond acceptors (Lipinski definition) is 4. The summed E-state index contributed by atoms with van der Waals surface area (Å²) in [5.74, 6) is 0.235. The first-order chi connectivity index (χ1) is 11.6. The number of benzene rings is 1. The average molecular weight is 327 g/mol. The smallest absolute Gasteiger partial charge is 0.339 e. The molecule has 1 aromatic heterocycles. The van der Waals surface area contributed by atoms with Crippen LogP contribution in [0.5, 0.6) is 5.75 Å². The summed E-state index contributed by atoms with van der Waals surface area (Å²) in [6, 6.07) is 4.18. The minimum absolute atomic E-state index is 0.212. The molecule has 1 saturated heterocycles. The van der Waals surface area contributed by atoms with E-state index >= 15 is 0 Å². The van der Waals surface area contributed by atoms with Crippen LogP contribution in [0.1, 0.15) is 55.7 Å². The van der Waals surface area contributed by atoms with Gasteiger partial charge < -0.3 is 9.52 Å². The minimum Gasteiger partial charge on any atom is -0.507 e.